The first-order valence-corrected chi connectivity index (χ1v) is 10.4. The highest BCUT2D eigenvalue weighted by Crippen LogP contribution is 2.31. The summed E-state index contributed by atoms with van der Waals surface area (Å²) in [4.78, 5) is -1.80. The molecule has 0 unspecified atom stereocenters. The lowest BCUT2D eigenvalue weighted by Crippen LogP contribution is -2.23. The fraction of sp³-hybridized carbons (Fsp3) is 0.250. The van der Waals surface area contributed by atoms with Gasteiger partial charge in [0.15, 0.2) is 0 Å². The van der Waals surface area contributed by atoms with E-state index in [9.17, 15) is 43.2 Å². The van der Waals surface area contributed by atoms with Gasteiger partial charge in [0, 0.05) is 0 Å². The molecule has 0 aliphatic heterocycles. The number of aryl methyl sites for hydroxylation is 2. The molecule has 2 aromatic carbocycles. The molecule has 0 saturated carbocycles. The third kappa shape index (κ3) is 4.49. The molecule has 2 aromatic rings. The molecule has 0 amide bonds. The Morgan fingerprint density at radius 1 is 0.536 bits per heavy atom. The highest BCUT2D eigenvalue weighted by molar-refractivity contribution is 7.92. The number of halogens is 6. The van der Waals surface area contributed by atoms with Crippen molar-refractivity contribution >= 4 is 19.7 Å². The van der Waals surface area contributed by atoms with E-state index in [1.807, 2.05) is 0 Å². The van der Waals surface area contributed by atoms with Crippen molar-refractivity contribution in [2.75, 3.05) is 0 Å². The van der Waals surface area contributed by atoms with Gasteiger partial charge in [0.2, 0.25) is 0 Å². The maximum Gasteiger partial charge on any atom is 0.501 e. The molecule has 0 atom stereocenters. The Morgan fingerprint density at radius 3 is 1.00 bits per heavy atom. The molecule has 12 heteroatoms. The molecule has 0 aliphatic rings. The van der Waals surface area contributed by atoms with E-state index in [-0.39, 0.29) is 12.8 Å². The Hall–Kier alpha value is -2.08. The number of benzene rings is 2. The molecule has 0 N–H and O–H groups in total. The Kier molecular flexibility index (Phi) is 5.86. The van der Waals surface area contributed by atoms with Crippen molar-refractivity contribution in [3.63, 3.8) is 0 Å². The van der Waals surface area contributed by atoms with Gasteiger partial charge in [-0.15, -0.1) is 0 Å². The first-order valence-electron chi connectivity index (χ1n) is 7.47. The molecule has 0 bridgehead atoms. The van der Waals surface area contributed by atoms with E-state index in [0.717, 1.165) is 24.3 Å². The molecule has 0 saturated heterocycles. The summed E-state index contributed by atoms with van der Waals surface area (Å²) in [6.07, 6.45) is 0.495. The molecule has 154 valence electrons. The van der Waals surface area contributed by atoms with Crippen LogP contribution < -0.4 is 0 Å². The van der Waals surface area contributed by atoms with E-state index >= 15 is 0 Å². The van der Waals surface area contributed by atoms with Crippen LogP contribution in [0.1, 0.15) is 11.1 Å². The molecule has 0 heterocycles. The van der Waals surface area contributed by atoms with E-state index < -0.39 is 40.5 Å². The van der Waals surface area contributed by atoms with Gasteiger partial charge in [-0.1, -0.05) is 24.3 Å². The molecule has 0 radical (unpaired) electrons. The van der Waals surface area contributed by atoms with Crippen molar-refractivity contribution in [2.24, 2.45) is 0 Å². The largest absolute Gasteiger partial charge is 0.501 e. The first-order chi connectivity index (χ1) is 12.7. The van der Waals surface area contributed by atoms with Gasteiger partial charge in [0.25, 0.3) is 19.7 Å². The summed E-state index contributed by atoms with van der Waals surface area (Å²) >= 11 is 0. The lowest BCUT2D eigenvalue weighted by molar-refractivity contribution is -0.0442. The molecule has 0 fully saturated rings. The van der Waals surface area contributed by atoms with Crippen LogP contribution in [0.15, 0.2) is 58.3 Å². The fourth-order valence-corrected chi connectivity index (χ4v) is 3.75. The normalized spacial score (nSPS) is 13.5. The van der Waals surface area contributed by atoms with Crippen LogP contribution in [0.4, 0.5) is 26.3 Å². The van der Waals surface area contributed by atoms with Gasteiger partial charge in [-0.25, -0.2) is 16.8 Å². The molecule has 2 rings (SSSR count). The van der Waals surface area contributed by atoms with Gasteiger partial charge in [-0.2, -0.15) is 26.3 Å². The van der Waals surface area contributed by atoms with Crippen molar-refractivity contribution in [3.05, 3.63) is 59.7 Å². The molecular weight excluding hydrogens is 434 g/mol. The van der Waals surface area contributed by atoms with Gasteiger partial charge in [0.1, 0.15) is 0 Å². The summed E-state index contributed by atoms with van der Waals surface area (Å²) < 4.78 is 120. The van der Waals surface area contributed by atoms with E-state index in [1.165, 1.54) is 24.3 Å². The zero-order valence-electron chi connectivity index (χ0n) is 13.8. The number of rotatable bonds is 5. The fourth-order valence-electron chi connectivity index (χ4n) is 2.23. The smallest absolute Gasteiger partial charge is 0.214 e. The van der Waals surface area contributed by atoms with Crippen LogP contribution in [0.5, 0.6) is 0 Å². The Bertz CT molecular complexity index is 949. The highest BCUT2D eigenvalue weighted by Gasteiger charge is 2.47. The van der Waals surface area contributed by atoms with Gasteiger partial charge in [-0.3, -0.25) is 0 Å². The Morgan fingerprint density at radius 2 is 0.786 bits per heavy atom. The second-order valence-electron chi connectivity index (χ2n) is 5.69. The molecule has 0 spiro atoms. The van der Waals surface area contributed by atoms with Crippen molar-refractivity contribution < 1.29 is 43.2 Å². The summed E-state index contributed by atoms with van der Waals surface area (Å²) in [5, 5.41) is 0. The van der Waals surface area contributed by atoms with Crippen molar-refractivity contribution in [2.45, 2.75) is 33.6 Å². The van der Waals surface area contributed by atoms with Gasteiger partial charge in [-0.05, 0) is 48.2 Å². The predicted molar refractivity (Wildman–Crippen MR) is 86.8 cm³/mol. The molecular formula is C16H12F6O4S2. The van der Waals surface area contributed by atoms with Gasteiger partial charge in [0.05, 0.1) is 9.79 Å². The lowest BCUT2D eigenvalue weighted by atomic mass is 10.0. The third-order valence-corrected chi connectivity index (χ3v) is 6.78. The number of hydrogen-bond donors (Lipinski definition) is 0. The van der Waals surface area contributed by atoms with Gasteiger partial charge < -0.3 is 0 Å². The van der Waals surface area contributed by atoms with Crippen LogP contribution >= 0.6 is 0 Å². The number of hydrogen-bond acceptors (Lipinski definition) is 4. The standard InChI is InChI=1S/C16H12F6O4S2/c17-15(18,19)27(23,24)13-7-3-11(4-8-13)1-2-12-5-9-14(10-6-12)28(25,26)16(20,21)22/h3-10H,1-2H2. The molecule has 0 aromatic heterocycles. The van der Waals surface area contributed by atoms with E-state index in [2.05, 4.69) is 0 Å². The van der Waals surface area contributed by atoms with Crippen LogP contribution in [-0.4, -0.2) is 27.9 Å². The summed E-state index contributed by atoms with van der Waals surface area (Å²) in [6, 6.07) is 8.05. The third-order valence-electron chi connectivity index (χ3n) is 3.78. The van der Waals surface area contributed by atoms with Crippen molar-refractivity contribution in [1.29, 1.82) is 0 Å². The van der Waals surface area contributed by atoms with E-state index in [0.29, 0.717) is 11.1 Å². The minimum Gasteiger partial charge on any atom is -0.214 e. The van der Waals surface area contributed by atoms with Gasteiger partial charge >= 0.3 is 11.0 Å². The average molecular weight is 446 g/mol. The molecule has 28 heavy (non-hydrogen) atoms. The van der Waals surface area contributed by atoms with Crippen LogP contribution in [0.2, 0.25) is 0 Å². The minimum atomic E-state index is -5.44. The lowest BCUT2D eigenvalue weighted by Gasteiger charge is -2.10. The van der Waals surface area contributed by atoms with Crippen LogP contribution in [0.25, 0.3) is 0 Å². The monoisotopic (exact) mass is 446 g/mol. The predicted octanol–water partition coefficient (Wildman–Crippen LogP) is 4.06. The molecule has 0 aliphatic carbocycles. The summed E-state index contributed by atoms with van der Waals surface area (Å²) in [7, 11) is -10.9. The maximum absolute atomic E-state index is 12.5. The van der Waals surface area contributed by atoms with Crippen molar-refractivity contribution in [1.82, 2.24) is 0 Å². The van der Waals surface area contributed by atoms with Crippen LogP contribution in [-0.2, 0) is 32.5 Å². The first kappa shape index (κ1) is 22.2. The number of sulfone groups is 2. The van der Waals surface area contributed by atoms with Crippen LogP contribution in [0.3, 0.4) is 0 Å². The summed E-state index contributed by atoms with van der Waals surface area (Å²) in [5.74, 6) is 0. The number of alkyl halides is 6. The quantitative estimate of drug-likeness (QED) is 0.650. The zero-order chi connectivity index (χ0) is 21.4. The van der Waals surface area contributed by atoms with Crippen LogP contribution in [0, 0.1) is 0 Å². The SMILES string of the molecule is O=S(=O)(c1ccc(CCc2ccc(S(=O)(=O)C(F)(F)F)cc2)cc1)C(F)(F)F. The Balaban J connectivity index is 2.09. The van der Waals surface area contributed by atoms with E-state index in [4.69, 9.17) is 0 Å². The Labute approximate surface area is 156 Å². The maximum atomic E-state index is 12.5. The highest BCUT2D eigenvalue weighted by atomic mass is 32.2. The van der Waals surface area contributed by atoms with Crippen molar-refractivity contribution in [3.8, 4) is 0 Å². The summed E-state index contributed by atoms with van der Waals surface area (Å²) in [6.45, 7) is 0. The zero-order valence-corrected chi connectivity index (χ0v) is 15.4. The second-order valence-corrected chi connectivity index (χ2v) is 9.57. The average Bonchev–Trinajstić information content (AvgIpc) is 2.58. The summed E-state index contributed by atoms with van der Waals surface area (Å²) in [5.41, 5.74) is -9.83. The second kappa shape index (κ2) is 7.39. The minimum absolute atomic E-state index is 0.248. The topological polar surface area (TPSA) is 68.3 Å². The van der Waals surface area contributed by atoms with E-state index in [1.54, 1.807) is 0 Å². The molecule has 4 nitrogen and oxygen atoms in total.